The number of fused-ring (bicyclic) bond motifs is 2. The molecule has 4 unspecified atom stereocenters. The zero-order valence-electron chi connectivity index (χ0n) is 17.0. The van der Waals surface area contributed by atoms with E-state index in [1.54, 1.807) is 37.3 Å². The van der Waals surface area contributed by atoms with Crippen molar-refractivity contribution in [1.82, 2.24) is 9.80 Å². The molecule has 1 aromatic rings. The molecule has 2 amide bonds. The van der Waals surface area contributed by atoms with Crippen molar-refractivity contribution < 1.29 is 19.1 Å². The molecular formula is C21H30ClN3O4. The molecule has 1 heterocycles. The van der Waals surface area contributed by atoms with E-state index in [0.717, 1.165) is 12.8 Å². The van der Waals surface area contributed by atoms with Crippen LogP contribution in [-0.2, 0) is 4.79 Å². The van der Waals surface area contributed by atoms with Crippen LogP contribution in [0.3, 0.4) is 0 Å². The Morgan fingerprint density at radius 1 is 0.931 bits per heavy atom. The first kappa shape index (κ1) is 21.7. The van der Waals surface area contributed by atoms with Gasteiger partial charge < -0.3 is 25.0 Å². The Bertz CT molecular complexity index is 742. The fourth-order valence-corrected chi connectivity index (χ4v) is 5.16. The van der Waals surface area contributed by atoms with Gasteiger partial charge in [-0.25, -0.2) is 0 Å². The molecular weight excluding hydrogens is 394 g/mol. The fraction of sp³-hybridized carbons (Fsp3) is 0.619. The average Bonchev–Trinajstić information content (AvgIpc) is 3.33. The molecule has 0 aromatic heterocycles. The number of nitrogens with zero attached hydrogens (tertiary/aromatic N) is 2. The normalized spacial score (nSPS) is 28.1. The lowest BCUT2D eigenvalue weighted by atomic mass is 9.84. The third-order valence-electron chi connectivity index (χ3n) is 6.74. The number of ether oxygens (including phenoxy) is 2. The maximum Gasteiger partial charge on any atom is 0.254 e. The summed E-state index contributed by atoms with van der Waals surface area (Å²) in [4.78, 5) is 29.6. The van der Waals surface area contributed by atoms with Gasteiger partial charge in [0.25, 0.3) is 5.91 Å². The van der Waals surface area contributed by atoms with Gasteiger partial charge in [-0.05, 0) is 43.2 Å². The van der Waals surface area contributed by atoms with Gasteiger partial charge >= 0.3 is 0 Å². The van der Waals surface area contributed by atoms with Crippen LogP contribution < -0.4 is 15.2 Å². The van der Waals surface area contributed by atoms with E-state index in [1.807, 2.05) is 4.90 Å². The standard InChI is InChI=1S/C21H29N3O4.ClH/c1-27-16-10-15(11-17(12-16)28-2)20(25)23-5-7-24(8-6-23)21(26)18-13-3-4-14(9-13)19(18)22;/h10-14,18-19H,3-9,22H2,1-2H3;1H. The molecule has 3 fully saturated rings. The lowest BCUT2D eigenvalue weighted by molar-refractivity contribution is -0.139. The molecule has 1 aromatic carbocycles. The van der Waals surface area contributed by atoms with E-state index in [2.05, 4.69) is 0 Å². The number of carbonyl (C=O) groups excluding carboxylic acids is 2. The summed E-state index contributed by atoms with van der Waals surface area (Å²) in [7, 11) is 3.13. The molecule has 2 N–H and O–H groups in total. The number of hydrogen-bond donors (Lipinski definition) is 1. The first-order chi connectivity index (χ1) is 13.5. The Labute approximate surface area is 177 Å². The summed E-state index contributed by atoms with van der Waals surface area (Å²) in [5, 5.41) is 0. The van der Waals surface area contributed by atoms with Crippen LogP contribution in [-0.4, -0.2) is 68.1 Å². The maximum absolute atomic E-state index is 13.0. The third-order valence-corrected chi connectivity index (χ3v) is 6.74. The van der Waals surface area contributed by atoms with Crippen LogP contribution in [0, 0.1) is 17.8 Å². The molecule has 4 atom stereocenters. The second-order valence-electron chi connectivity index (χ2n) is 8.16. The van der Waals surface area contributed by atoms with Crippen LogP contribution in [0.4, 0.5) is 0 Å². The summed E-state index contributed by atoms with van der Waals surface area (Å²) in [5.41, 5.74) is 6.88. The highest BCUT2D eigenvalue weighted by molar-refractivity contribution is 5.95. The highest BCUT2D eigenvalue weighted by Gasteiger charge is 2.50. The average molecular weight is 424 g/mol. The Balaban J connectivity index is 0.00000240. The largest absolute Gasteiger partial charge is 0.497 e. The number of carbonyl (C=O) groups is 2. The molecule has 2 saturated carbocycles. The van der Waals surface area contributed by atoms with Gasteiger partial charge in [0.05, 0.1) is 20.1 Å². The summed E-state index contributed by atoms with van der Waals surface area (Å²) in [5.74, 6) is 2.24. The molecule has 160 valence electrons. The maximum atomic E-state index is 13.0. The highest BCUT2D eigenvalue weighted by atomic mass is 35.5. The molecule has 8 heteroatoms. The van der Waals surface area contributed by atoms with Gasteiger partial charge in [0.1, 0.15) is 11.5 Å². The quantitative estimate of drug-likeness (QED) is 0.797. The minimum Gasteiger partial charge on any atom is -0.497 e. The zero-order valence-corrected chi connectivity index (χ0v) is 17.8. The molecule has 0 spiro atoms. The number of nitrogens with two attached hydrogens (primary N) is 1. The number of piperazine rings is 1. The van der Waals surface area contributed by atoms with Gasteiger partial charge in [-0.15, -0.1) is 12.4 Å². The van der Waals surface area contributed by atoms with E-state index in [0.29, 0.717) is 55.1 Å². The number of halogens is 1. The van der Waals surface area contributed by atoms with Crippen LogP contribution in [0.2, 0.25) is 0 Å². The molecule has 0 radical (unpaired) electrons. The van der Waals surface area contributed by atoms with Crippen molar-refractivity contribution in [2.75, 3.05) is 40.4 Å². The Morgan fingerprint density at radius 2 is 1.48 bits per heavy atom. The molecule has 1 saturated heterocycles. The number of benzene rings is 1. The summed E-state index contributed by atoms with van der Waals surface area (Å²) >= 11 is 0. The van der Waals surface area contributed by atoms with E-state index in [4.69, 9.17) is 15.2 Å². The number of methoxy groups -OCH3 is 2. The molecule has 1 aliphatic heterocycles. The van der Waals surface area contributed by atoms with Crippen molar-refractivity contribution in [2.24, 2.45) is 23.5 Å². The summed E-state index contributed by atoms with van der Waals surface area (Å²) in [6.45, 7) is 2.18. The van der Waals surface area contributed by atoms with Gasteiger partial charge in [0.2, 0.25) is 5.91 Å². The predicted molar refractivity (Wildman–Crippen MR) is 112 cm³/mol. The number of rotatable bonds is 4. The number of hydrogen-bond acceptors (Lipinski definition) is 5. The predicted octanol–water partition coefficient (Wildman–Crippen LogP) is 1.78. The van der Waals surface area contributed by atoms with E-state index in [-0.39, 0.29) is 36.2 Å². The van der Waals surface area contributed by atoms with Crippen molar-refractivity contribution in [3.63, 3.8) is 0 Å². The van der Waals surface area contributed by atoms with E-state index in [9.17, 15) is 9.59 Å². The zero-order chi connectivity index (χ0) is 19.8. The second kappa shape index (κ2) is 8.79. The smallest absolute Gasteiger partial charge is 0.254 e. The first-order valence-corrected chi connectivity index (χ1v) is 10.1. The first-order valence-electron chi connectivity index (χ1n) is 10.1. The van der Waals surface area contributed by atoms with Crippen molar-refractivity contribution >= 4 is 24.2 Å². The topological polar surface area (TPSA) is 85.1 Å². The molecule has 4 rings (SSSR count). The minimum absolute atomic E-state index is 0. The summed E-state index contributed by atoms with van der Waals surface area (Å²) in [6.07, 6.45) is 3.40. The monoisotopic (exact) mass is 423 g/mol. The molecule has 7 nitrogen and oxygen atoms in total. The van der Waals surface area contributed by atoms with Gasteiger partial charge in [0, 0.05) is 43.9 Å². The van der Waals surface area contributed by atoms with E-state index < -0.39 is 0 Å². The van der Waals surface area contributed by atoms with Crippen LogP contribution in [0.5, 0.6) is 11.5 Å². The highest BCUT2D eigenvalue weighted by Crippen LogP contribution is 2.48. The van der Waals surface area contributed by atoms with E-state index in [1.165, 1.54) is 6.42 Å². The summed E-state index contributed by atoms with van der Waals surface area (Å²) in [6, 6.07) is 5.19. The van der Waals surface area contributed by atoms with Gasteiger partial charge in [-0.2, -0.15) is 0 Å². The van der Waals surface area contributed by atoms with Gasteiger partial charge in [-0.3, -0.25) is 9.59 Å². The van der Waals surface area contributed by atoms with E-state index >= 15 is 0 Å². The van der Waals surface area contributed by atoms with Crippen LogP contribution in [0.25, 0.3) is 0 Å². The lowest BCUT2D eigenvalue weighted by Crippen LogP contribution is -2.54. The Kier molecular flexibility index (Phi) is 6.58. The third kappa shape index (κ3) is 4.03. The number of amides is 2. The molecule has 29 heavy (non-hydrogen) atoms. The van der Waals surface area contributed by atoms with Gasteiger partial charge in [0.15, 0.2) is 0 Å². The van der Waals surface area contributed by atoms with Gasteiger partial charge in [-0.1, -0.05) is 0 Å². The van der Waals surface area contributed by atoms with Crippen molar-refractivity contribution in [3.05, 3.63) is 23.8 Å². The SMILES string of the molecule is COc1cc(OC)cc(C(=O)N2CCN(C(=O)C3C4CCC(C4)C3N)CC2)c1.Cl. The second-order valence-corrected chi connectivity index (χ2v) is 8.16. The fourth-order valence-electron chi connectivity index (χ4n) is 5.16. The van der Waals surface area contributed by atoms with Crippen LogP contribution in [0.1, 0.15) is 29.6 Å². The minimum atomic E-state index is -0.0686. The molecule has 3 aliphatic rings. The Hall–Kier alpha value is -1.99. The van der Waals surface area contributed by atoms with Crippen LogP contribution in [0.15, 0.2) is 18.2 Å². The molecule has 2 aliphatic carbocycles. The van der Waals surface area contributed by atoms with Crippen LogP contribution >= 0.6 is 12.4 Å². The van der Waals surface area contributed by atoms with Crippen molar-refractivity contribution in [3.8, 4) is 11.5 Å². The lowest BCUT2D eigenvalue weighted by Gasteiger charge is -2.38. The van der Waals surface area contributed by atoms with Crippen molar-refractivity contribution in [2.45, 2.75) is 25.3 Å². The van der Waals surface area contributed by atoms with Crippen molar-refractivity contribution in [1.29, 1.82) is 0 Å². The summed E-state index contributed by atoms with van der Waals surface area (Å²) < 4.78 is 10.5. The molecule has 2 bridgehead atoms. The Morgan fingerprint density at radius 3 is 2.00 bits per heavy atom.